The van der Waals surface area contributed by atoms with E-state index in [1.54, 1.807) is 6.07 Å². The molecular weight excluding hydrogens is 203 g/mol. The number of benzene rings is 1. The van der Waals surface area contributed by atoms with Gasteiger partial charge in [-0.25, -0.2) is 4.39 Å². The van der Waals surface area contributed by atoms with Gasteiger partial charge in [0.05, 0.1) is 10.7 Å². The minimum Gasteiger partial charge on any atom is -0.384 e. The number of hydrogen-bond donors (Lipinski definition) is 1. The third kappa shape index (κ3) is 1.32. The summed E-state index contributed by atoms with van der Waals surface area (Å²) < 4.78 is 13.4. The number of nitrogens with zero attached hydrogens (tertiary/aromatic N) is 1. The van der Waals surface area contributed by atoms with E-state index in [1.807, 2.05) is 6.07 Å². The van der Waals surface area contributed by atoms with Crippen molar-refractivity contribution in [2.45, 2.75) is 12.8 Å². The van der Waals surface area contributed by atoms with E-state index in [0.717, 1.165) is 24.9 Å². The molecule has 0 unspecified atom stereocenters. The van der Waals surface area contributed by atoms with Crippen LogP contribution in [0.4, 0.5) is 10.1 Å². The summed E-state index contributed by atoms with van der Waals surface area (Å²) in [5.74, 6) is -0.623. The minimum atomic E-state index is -0.623. The molecule has 0 bridgehead atoms. The van der Waals surface area contributed by atoms with Gasteiger partial charge in [-0.2, -0.15) is 5.26 Å². The molecule has 1 heterocycles. The first-order chi connectivity index (χ1) is 6.74. The summed E-state index contributed by atoms with van der Waals surface area (Å²) >= 11 is 5.68. The van der Waals surface area contributed by atoms with E-state index in [2.05, 4.69) is 5.32 Å². The van der Waals surface area contributed by atoms with Crippen LogP contribution in [0, 0.1) is 17.1 Å². The second kappa shape index (κ2) is 3.47. The molecule has 0 fully saturated rings. The average Bonchev–Trinajstić information content (AvgIpc) is 2.20. The lowest BCUT2D eigenvalue weighted by Gasteiger charge is -2.19. The van der Waals surface area contributed by atoms with Gasteiger partial charge >= 0.3 is 0 Å². The Bertz CT molecular complexity index is 423. The first-order valence-electron chi connectivity index (χ1n) is 4.39. The summed E-state index contributed by atoms with van der Waals surface area (Å²) in [6.07, 6.45) is 1.83. The summed E-state index contributed by atoms with van der Waals surface area (Å²) in [7, 11) is 0. The number of rotatable bonds is 0. The zero-order chi connectivity index (χ0) is 10.1. The second-order valence-electron chi connectivity index (χ2n) is 3.22. The highest BCUT2D eigenvalue weighted by Crippen LogP contribution is 2.32. The molecule has 1 aromatic carbocycles. The fraction of sp³-hybridized carbons (Fsp3) is 0.300. The van der Waals surface area contributed by atoms with Crippen molar-refractivity contribution in [3.8, 4) is 6.07 Å². The molecule has 72 valence electrons. The molecule has 1 aliphatic rings. The number of nitriles is 1. The van der Waals surface area contributed by atoms with Gasteiger partial charge in [0.2, 0.25) is 0 Å². The van der Waals surface area contributed by atoms with Crippen molar-refractivity contribution in [2.24, 2.45) is 0 Å². The van der Waals surface area contributed by atoms with Crippen molar-refractivity contribution >= 4 is 17.3 Å². The Balaban J connectivity index is 2.67. The maximum Gasteiger partial charge on any atom is 0.161 e. The summed E-state index contributed by atoms with van der Waals surface area (Å²) in [4.78, 5) is 0. The topological polar surface area (TPSA) is 35.8 Å². The number of anilines is 1. The number of fused-ring (bicyclic) bond motifs is 1. The van der Waals surface area contributed by atoms with Crippen LogP contribution in [0.2, 0.25) is 5.02 Å². The van der Waals surface area contributed by atoms with Crippen LogP contribution in [0.15, 0.2) is 6.07 Å². The molecule has 0 aromatic heterocycles. The molecule has 0 atom stereocenters. The minimum absolute atomic E-state index is 0.0315. The van der Waals surface area contributed by atoms with Gasteiger partial charge in [-0.3, -0.25) is 0 Å². The highest BCUT2D eigenvalue weighted by molar-refractivity contribution is 6.31. The molecule has 2 rings (SSSR count). The number of halogens is 2. The Morgan fingerprint density at radius 2 is 2.36 bits per heavy atom. The first-order valence-corrected chi connectivity index (χ1v) is 4.76. The summed E-state index contributed by atoms with van der Waals surface area (Å²) in [6, 6.07) is 3.44. The van der Waals surface area contributed by atoms with Crippen molar-refractivity contribution in [1.82, 2.24) is 0 Å². The Morgan fingerprint density at radius 1 is 1.57 bits per heavy atom. The molecule has 1 aromatic rings. The molecule has 0 saturated carbocycles. The third-order valence-electron chi connectivity index (χ3n) is 2.34. The molecule has 4 heteroatoms. The molecule has 0 spiro atoms. The quantitative estimate of drug-likeness (QED) is 0.715. The van der Waals surface area contributed by atoms with Crippen LogP contribution < -0.4 is 5.32 Å². The Kier molecular flexibility index (Phi) is 2.30. The van der Waals surface area contributed by atoms with E-state index in [9.17, 15) is 4.39 Å². The average molecular weight is 211 g/mol. The van der Waals surface area contributed by atoms with Crippen molar-refractivity contribution in [1.29, 1.82) is 5.26 Å². The molecule has 0 aliphatic carbocycles. The Morgan fingerprint density at radius 3 is 3.07 bits per heavy atom. The fourth-order valence-electron chi connectivity index (χ4n) is 1.67. The van der Waals surface area contributed by atoms with Gasteiger partial charge in [0.25, 0.3) is 0 Å². The zero-order valence-electron chi connectivity index (χ0n) is 7.40. The second-order valence-corrected chi connectivity index (χ2v) is 3.63. The van der Waals surface area contributed by atoms with Gasteiger partial charge < -0.3 is 5.32 Å². The van der Waals surface area contributed by atoms with Gasteiger partial charge in [0, 0.05) is 6.54 Å². The van der Waals surface area contributed by atoms with E-state index in [0.29, 0.717) is 5.69 Å². The molecule has 0 radical (unpaired) electrons. The monoisotopic (exact) mass is 210 g/mol. The largest absolute Gasteiger partial charge is 0.384 e. The van der Waals surface area contributed by atoms with Gasteiger partial charge in [-0.15, -0.1) is 0 Å². The standard InChI is InChI=1S/C10H8ClFN2/c11-8-4-6-2-1-3-14-10(6)7(5-13)9(8)12/h4,14H,1-3H2. The van der Waals surface area contributed by atoms with Gasteiger partial charge in [-0.1, -0.05) is 11.6 Å². The van der Waals surface area contributed by atoms with Gasteiger partial charge in [0.1, 0.15) is 11.6 Å². The summed E-state index contributed by atoms with van der Waals surface area (Å²) in [6.45, 7) is 0.781. The third-order valence-corrected chi connectivity index (χ3v) is 2.61. The summed E-state index contributed by atoms with van der Waals surface area (Å²) in [5.41, 5.74) is 1.58. The number of nitrogens with one attached hydrogen (secondary N) is 1. The van der Waals surface area contributed by atoms with E-state index in [1.165, 1.54) is 0 Å². The normalized spacial score (nSPS) is 14.1. The Labute approximate surface area is 86.3 Å². The predicted octanol–water partition coefficient (Wildman–Crippen LogP) is 2.71. The molecule has 14 heavy (non-hydrogen) atoms. The van der Waals surface area contributed by atoms with Gasteiger partial charge in [0.15, 0.2) is 5.82 Å². The van der Waals surface area contributed by atoms with Crippen molar-refractivity contribution in [2.75, 3.05) is 11.9 Å². The molecule has 2 nitrogen and oxygen atoms in total. The van der Waals surface area contributed by atoms with E-state index >= 15 is 0 Å². The van der Waals surface area contributed by atoms with Crippen LogP contribution >= 0.6 is 11.6 Å². The number of hydrogen-bond acceptors (Lipinski definition) is 2. The van der Waals surface area contributed by atoms with Crippen LogP contribution in [0.3, 0.4) is 0 Å². The molecule has 1 N–H and O–H groups in total. The predicted molar refractivity (Wildman–Crippen MR) is 52.9 cm³/mol. The van der Waals surface area contributed by atoms with E-state index < -0.39 is 5.82 Å². The van der Waals surface area contributed by atoms with Crippen LogP contribution in [0.1, 0.15) is 17.5 Å². The highest BCUT2D eigenvalue weighted by atomic mass is 35.5. The van der Waals surface area contributed by atoms with E-state index in [4.69, 9.17) is 16.9 Å². The molecular formula is C10H8ClFN2. The lowest BCUT2D eigenvalue weighted by Crippen LogP contribution is -2.14. The van der Waals surface area contributed by atoms with Gasteiger partial charge in [-0.05, 0) is 24.5 Å². The SMILES string of the molecule is N#Cc1c(F)c(Cl)cc2c1NCCC2. The van der Waals surface area contributed by atoms with Crippen LogP contribution in [-0.4, -0.2) is 6.54 Å². The molecule has 0 saturated heterocycles. The molecule has 1 aliphatic heterocycles. The van der Waals surface area contributed by atoms with Crippen molar-refractivity contribution in [3.05, 3.63) is 28.0 Å². The maximum atomic E-state index is 13.4. The summed E-state index contributed by atoms with van der Waals surface area (Å²) in [5, 5.41) is 11.9. The first kappa shape index (κ1) is 9.29. The zero-order valence-corrected chi connectivity index (χ0v) is 8.16. The highest BCUT2D eigenvalue weighted by Gasteiger charge is 2.19. The Hall–Kier alpha value is -1.27. The van der Waals surface area contributed by atoms with Crippen molar-refractivity contribution < 1.29 is 4.39 Å². The van der Waals surface area contributed by atoms with Crippen LogP contribution in [0.25, 0.3) is 0 Å². The van der Waals surface area contributed by atoms with E-state index in [-0.39, 0.29) is 10.6 Å². The molecule has 0 amide bonds. The lowest BCUT2D eigenvalue weighted by molar-refractivity contribution is 0.622. The fourth-order valence-corrected chi connectivity index (χ4v) is 1.90. The number of aryl methyl sites for hydroxylation is 1. The maximum absolute atomic E-state index is 13.4. The lowest BCUT2D eigenvalue weighted by atomic mass is 9.99. The van der Waals surface area contributed by atoms with Crippen LogP contribution in [-0.2, 0) is 6.42 Å². The van der Waals surface area contributed by atoms with Crippen LogP contribution in [0.5, 0.6) is 0 Å². The van der Waals surface area contributed by atoms with Crippen molar-refractivity contribution in [3.63, 3.8) is 0 Å². The smallest absolute Gasteiger partial charge is 0.161 e.